The summed E-state index contributed by atoms with van der Waals surface area (Å²) >= 11 is 1.28. The Morgan fingerprint density at radius 1 is 1.41 bits per heavy atom. The summed E-state index contributed by atoms with van der Waals surface area (Å²) in [5.41, 5.74) is 0.777. The average molecular weight is 255 g/mol. The van der Waals surface area contributed by atoms with Crippen molar-refractivity contribution in [3.8, 4) is 0 Å². The summed E-state index contributed by atoms with van der Waals surface area (Å²) in [5.74, 6) is -0.538. The zero-order valence-corrected chi connectivity index (χ0v) is 10.2. The molecule has 0 saturated carbocycles. The van der Waals surface area contributed by atoms with Crippen LogP contribution in [0.1, 0.15) is 12.6 Å². The lowest BCUT2D eigenvalue weighted by Crippen LogP contribution is -2.50. The van der Waals surface area contributed by atoms with Crippen LogP contribution in [0.15, 0.2) is 0 Å². The third-order valence-corrected chi connectivity index (χ3v) is 3.01. The molecule has 2 rings (SSSR count). The molecule has 1 aliphatic heterocycles. The van der Waals surface area contributed by atoms with E-state index in [4.69, 9.17) is 0 Å². The summed E-state index contributed by atoms with van der Waals surface area (Å²) < 4.78 is 3.86. The van der Waals surface area contributed by atoms with Crippen LogP contribution in [0.3, 0.4) is 0 Å². The largest absolute Gasteiger partial charge is 0.374 e. The lowest BCUT2D eigenvalue weighted by molar-refractivity contribution is -0.136. The van der Waals surface area contributed by atoms with Crippen molar-refractivity contribution in [3.63, 3.8) is 0 Å². The average Bonchev–Trinajstić information content (AvgIpc) is 2.65. The second-order valence-corrected chi connectivity index (χ2v) is 4.45. The van der Waals surface area contributed by atoms with Crippen LogP contribution in [0.25, 0.3) is 0 Å². The first-order chi connectivity index (χ1) is 8.19. The topological polar surface area (TPSA) is 87.2 Å². The van der Waals surface area contributed by atoms with E-state index in [1.165, 1.54) is 11.5 Å². The molecular formula is C9H13N5O2S. The van der Waals surface area contributed by atoms with Gasteiger partial charge in [-0.3, -0.25) is 19.8 Å². The second kappa shape index (κ2) is 5.19. The second-order valence-electron chi connectivity index (χ2n) is 3.70. The number of nitrogens with one attached hydrogen (secondary N) is 2. The summed E-state index contributed by atoms with van der Waals surface area (Å²) in [6, 6.07) is 0. The highest BCUT2D eigenvalue weighted by Crippen LogP contribution is 2.19. The fraction of sp³-hybridized carbons (Fsp3) is 0.556. The summed E-state index contributed by atoms with van der Waals surface area (Å²) in [7, 11) is 0. The molecule has 1 aliphatic rings. The van der Waals surface area contributed by atoms with Gasteiger partial charge in [0.25, 0.3) is 0 Å². The first kappa shape index (κ1) is 11.9. The molecule has 17 heavy (non-hydrogen) atoms. The molecule has 92 valence electrons. The first-order valence-electron chi connectivity index (χ1n) is 5.29. The first-order valence-corrected chi connectivity index (χ1v) is 6.06. The maximum atomic E-state index is 11.2. The Kier molecular flexibility index (Phi) is 3.64. The summed E-state index contributed by atoms with van der Waals surface area (Å²) in [4.78, 5) is 24.1. The van der Waals surface area contributed by atoms with E-state index in [0.717, 1.165) is 17.2 Å². The summed E-state index contributed by atoms with van der Waals surface area (Å²) in [6.07, 6.45) is 0. The monoisotopic (exact) mass is 255 g/mol. The molecule has 1 aromatic heterocycles. The maximum absolute atomic E-state index is 11.2. The number of carbonyl (C=O) groups is 2. The Balaban J connectivity index is 2.02. The van der Waals surface area contributed by atoms with Crippen molar-refractivity contribution in [2.45, 2.75) is 13.5 Å². The van der Waals surface area contributed by atoms with Crippen molar-refractivity contribution in [3.05, 3.63) is 5.69 Å². The number of hydrogen-bond donors (Lipinski definition) is 2. The van der Waals surface area contributed by atoms with Gasteiger partial charge >= 0.3 is 0 Å². The van der Waals surface area contributed by atoms with Gasteiger partial charge in [-0.15, -0.1) is 5.10 Å². The van der Waals surface area contributed by atoms with Gasteiger partial charge in [-0.25, -0.2) is 0 Å². The van der Waals surface area contributed by atoms with Gasteiger partial charge in [-0.2, -0.15) is 0 Å². The number of aromatic nitrogens is 2. The van der Waals surface area contributed by atoms with Crippen molar-refractivity contribution < 1.29 is 9.59 Å². The van der Waals surface area contributed by atoms with Crippen LogP contribution >= 0.6 is 11.5 Å². The van der Waals surface area contributed by atoms with E-state index in [-0.39, 0.29) is 24.9 Å². The molecular weight excluding hydrogens is 242 g/mol. The van der Waals surface area contributed by atoms with E-state index < -0.39 is 0 Å². The molecule has 0 bridgehead atoms. The standard InChI is InChI=1S/C9H13N5O2S/c1-2-10-9-6(12-13-17-9)3-14-4-7(15)11-8(16)5-14/h10H,2-5H2,1H3,(H,11,15,16). The smallest absolute Gasteiger partial charge is 0.240 e. The Morgan fingerprint density at radius 2 is 2.12 bits per heavy atom. The third-order valence-electron chi connectivity index (χ3n) is 2.28. The highest BCUT2D eigenvalue weighted by molar-refractivity contribution is 7.10. The van der Waals surface area contributed by atoms with Gasteiger partial charge < -0.3 is 5.32 Å². The van der Waals surface area contributed by atoms with Crippen molar-refractivity contribution in [2.24, 2.45) is 0 Å². The molecule has 0 atom stereocenters. The molecule has 1 saturated heterocycles. The molecule has 0 spiro atoms. The molecule has 0 unspecified atom stereocenters. The van der Waals surface area contributed by atoms with Crippen molar-refractivity contribution in [1.82, 2.24) is 19.8 Å². The van der Waals surface area contributed by atoms with E-state index in [1.54, 1.807) is 4.90 Å². The number of amides is 2. The molecule has 7 nitrogen and oxygen atoms in total. The zero-order chi connectivity index (χ0) is 12.3. The van der Waals surface area contributed by atoms with Gasteiger partial charge in [-0.05, 0) is 6.92 Å². The van der Waals surface area contributed by atoms with Crippen LogP contribution in [0.5, 0.6) is 0 Å². The number of nitrogens with zero attached hydrogens (tertiary/aromatic N) is 3. The predicted molar refractivity (Wildman–Crippen MR) is 62.5 cm³/mol. The van der Waals surface area contributed by atoms with Crippen molar-refractivity contribution >= 4 is 28.3 Å². The summed E-state index contributed by atoms with van der Waals surface area (Å²) in [6.45, 7) is 3.67. The predicted octanol–water partition coefficient (Wildman–Crippen LogP) is -0.572. The minimum Gasteiger partial charge on any atom is -0.374 e. The molecule has 0 aromatic carbocycles. The molecule has 0 radical (unpaired) electrons. The Morgan fingerprint density at radius 3 is 2.76 bits per heavy atom. The molecule has 1 fully saturated rings. The number of carbonyl (C=O) groups excluding carboxylic acids is 2. The van der Waals surface area contributed by atoms with Crippen molar-refractivity contribution in [2.75, 3.05) is 25.0 Å². The minimum absolute atomic E-state index is 0.217. The van der Waals surface area contributed by atoms with Crippen LogP contribution in [-0.4, -0.2) is 45.9 Å². The van der Waals surface area contributed by atoms with E-state index in [9.17, 15) is 9.59 Å². The van der Waals surface area contributed by atoms with Gasteiger partial charge in [0.1, 0.15) is 10.7 Å². The number of rotatable bonds is 4. The van der Waals surface area contributed by atoms with E-state index in [1.807, 2.05) is 6.92 Å². The minimum atomic E-state index is -0.269. The lowest BCUT2D eigenvalue weighted by atomic mass is 10.3. The van der Waals surface area contributed by atoms with Crippen LogP contribution in [0.2, 0.25) is 0 Å². The molecule has 2 N–H and O–H groups in total. The zero-order valence-electron chi connectivity index (χ0n) is 9.39. The van der Waals surface area contributed by atoms with Gasteiger partial charge in [0, 0.05) is 24.6 Å². The highest BCUT2D eigenvalue weighted by atomic mass is 32.1. The SMILES string of the molecule is CCNc1snnc1CN1CC(=O)NC(=O)C1. The Labute approximate surface area is 102 Å². The number of piperazine rings is 1. The Bertz CT molecular complexity index is 417. The number of imide groups is 1. The summed E-state index contributed by atoms with van der Waals surface area (Å²) in [5, 5.41) is 10.3. The van der Waals surface area contributed by atoms with E-state index in [2.05, 4.69) is 20.2 Å². The van der Waals surface area contributed by atoms with E-state index in [0.29, 0.717) is 6.54 Å². The Hall–Kier alpha value is -1.54. The van der Waals surface area contributed by atoms with Crippen LogP contribution < -0.4 is 10.6 Å². The van der Waals surface area contributed by atoms with Gasteiger partial charge in [0.15, 0.2) is 0 Å². The highest BCUT2D eigenvalue weighted by Gasteiger charge is 2.23. The van der Waals surface area contributed by atoms with Gasteiger partial charge in [0.2, 0.25) is 11.8 Å². The van der Waals surface area contributed by atoms with Crippen LogP contribution in [-0.2, 0) is 16.1 Å². The fourth-order valence-corrected chi connectivity index (χ4v) is 2.27. The lowest BCUT2D eigenvalue weighted by Gasteiger charge is -2.24. The molecule has 1 aromatic rings. The van der Waals surface area contributed by atoms with Crippen LogP contribution in [0, 0.1) is 0 Å². The number of hydrogen-bond acceptors (Lipinski definition) is 7. The molecule has 0 aliphatic carbocycles. The fourth-order valence-electron chi connectivity index (χ4n) is 1.63. The number of anilines is 1. The van der Waals surface area contributed by atoms with Crippen LogP contribution in [0.4, 0.5) is 5.00 Å². The quantitative estimate of drug-likeness (QED) is 0.701. The maximum Gasteiger partial charge on any atom is 0.240 e. The van der Waals surface area contributed by atoms with Gasteiger partial charge in [-0.1, -0.05) is 4.49 Å². The third kappa shape index (κ3) is 2.98. The molecule has 2 heterocycles. The molecule has 8 heteroatoms. The van der Waals surface area contributed by atoms with Gasteiger partial charge in [0.05, 0.1) is 13.1 Å². The van der Waals surface area contributed by atoms with Crippen molar-refractivity contribution in [1.29, 1.82) is 0 Å². The molecule has 2 amide bonds. The van der Waals surface area contributed by atoms with E-state index >= 15 is 0 Å². The normalized spacial score (nSPS) is 17.0.